The maximum Gasteiger partial charge on any atom is 0.240 e. The molecule has 0 aliphatic heterocycles. The standard InChI is InChI=1S/C13H13ClFN3O2S/c14-9-6-8(4-5-10(9)15)7-18-11-2-1-3-12(13(11)16)21(17,19)20/h1-6,18H,7,16H2,(H2,17,19,20). The van der Waals surface area contributed by atoms with Crippen molar-refractivity contribution in [3.05, 3.63) is 52.8 Å². The van der Waals surface area contributed by atoms with E-state index in [1.54, 1.807) is 12.1 Å². The van der Waals surface area contributed by atoms with Crippen LogP contribution in [0.15, 0.2) is 41.3 Å². The molecule has 2 aromatic rings. The minimum atomic E-state index is -3.89. The molecule has 0 bridgehead atoms. The van der Waals surface area contributed by atoms with E-state index in [4.69, 9.17) is 22.5 Å². The molecule has 0 atom stereocenters. The predicted molar refractivity (Wildman–Crippen MR) is 81.0 cm³/mol. The summed E-state index contributed by atoms with van der Waals surface area (Å²) >= 11 is 5.69. The molecule has 0 aliphatic rings. The summed E-state index contributed by atoms with van der Waals surface area (Å²) in [5, 5.41) is 8.05. The van der Waals surface area contributed by atoms with Crippen molar-refractivity contribution >= 4 is 33.0 Å². The van der Waals surface area contributed by atoms with E-state index in [9.17, 15) is 12.8 Å². The van der Waals surface area contributed by atoms with Gasteiger partial charge in [-0.15, -0.1) is 0 Å². The summed E-state index contributed by atoms with van der Waals surface area (Å²) in [5.41, 5.74) is 6.96. The SMILES string of the molecule is Nc1c(NCc2ccc(F)c(Cl)c2)cccc1S(N)(=O)=O. The Morgan fingerprint density at radius 2 is 1.95 bits per heavy atom. The van der Waals surface area contributed by atoms with Crippen molar-refractivity contribution in [2.45, 2.75) is 11.4 Å². The van der Waals surface area contributed by atoms with Crippen molar-refractivity contribution in [3.63, 3.8) is 0 Å². The number of sulfonamides is 1. The molecule has 0 fully saturated rings. The quantitative estimate of drug-likeness (QED) is 0.750. The minimum absolute atomic E-state index is 0.0144. The highest BCUT2D eigenvalue weighted by atomic mass is 35.5. The molecule has 112 valence electrons. The molecule has 0 unspecified atom stereocenters. The Balaban J connectivity index is 2.23. The van der Waals surface area contributed by atoms with Crippen molar-refractivity contribution in [1.82, 2.24) is 0 Å². The van der Waals surface area contributed by atoms with Gasteiger partial charge in [-0.05, 0) is 29.8 Å². The van der Waals surface area contributed by atoms with E-state index < -0.39 is 15.8 Å². The van der Waals surface area contributed by atoms with Gasteiger partial charge in [-0.3, -0.25) is 0 Å². The van der Waals surface area contributed by atoms with Crippen LogP contribution in [-0.4, -0.2) is 8.42 Å². The third-order valence-electron chi connectivity index (χ3n) is 2.84. The number of rotatable bonds is 4. The lowest BCUT2D eigenvalue weighted by molar-refractivity contribution is 0.598. The summed E-state index contributed by atoms with van der Waals surface area (Å²) in [6.07, 6.45) is 0. The Morgan fingerprint density at radius 1 is 1.24 bits per heavy atom. The number of nitrogen functional groups attached to an aromatic ring is 1. The highest BCUT2D eigenvalue weighted by Gasteiger charge is 2.14. The molecular formula is C13H13ClFN3O2S. The number of anilines is 2. The lowest BCUT2D eigenvalue weighted by atomic mass is 10.2. The molecule has 0 radical (unpaired) electrons. The number of nitrogens with two attached hydrogens (primary N) is 2. The van der Waals surface area contributed by atoms with E-state index in [1.165, 1.54) is 24.3 Å². The monoisotopic (exact) mass is 329 g/mol. The summed E-state index contributed by atoms with van der Waals surface area (Å²) in [6.45, 7) is 0.304. The molecule has 2 aromatic carbocycles. The Hall–Kier alpha value is -1.83. The first kappa shape index (κ1) is 15.6. The van der Waals surface area contributed by atoms with Crippen LogP contribution < -0.4 is 16.2 Å². The summed E-state index contributed by atoms with van der Waals surface area (Å²) in [7, 11) is -3.89. The van der Waals surface area contributed by atoms with E-state index in [1.807, 2.05) is 0 Å². The zero-order valence-electron chi connectivity index (χ0n) is 10.8. The largest absolute Gasteiger partial charge is 0.396 e. The molecule has 0 spiro atoms. The van der Waals surface area contributed by atoms with E-state index in [-0.39, 0.29) is 15.6 Å². The molecule has 5 N–H and O–H groups in total. The van der Waals surface area contributed by atoms with Crippen molar-refractivity contribution in [1.29, 1.82) is 0 Å². The predicted octanol–water partition coefficient (Wildman–Crippen LogP) is 2.32. The smallest absolute Gasteiger partial charge is 0.240 e. The number of halogens is 2. The fourth-order valence-corrected chi connectivity index (χ4v) is 2.68. The van der Waals surface area contributed by atoms with E-state index in [0.29, 0.717) is 12.2 Å². The van der Waals surface area contributed by atoms with Gasteiger partial charge in [-0.2, -0.15) is 0 Å². The van der Waals surface area contributed by atoms with Crippen LogP contribution in [0.1, 0.15) is 5.56 Å². The van der Waals surface area contributed by atoms with Crippen molar-refractivity contribution < 1.29 is 12.8 Å². The lowest BCUT2D eigenvalue weighted by Gasteiger charge is -2.12. The molecule has 0 saturated heterocycles. The number of hydrogen-bond donors (Lipinski definition) is 3. The first-order chi connectivity index (χ1) is 9.79. The van der Waals surface area contributed by atoms with Crippen LogP contribution in [0.25, 0.3) is 0 Å². The third-order valence-corrected chi connectivity index (χ3v) is 4.10. The van der Waals surface area contributed by atoms with Crippen LogP contribution >= 0.6 is 11.6 Å². The molecule has 0 aliphatic carbocycles. The number of benzene rings is 2. The molecule has 0 aromatic heterocycles. The van der Waals surface area contributed by atoms with Crippen LogP contribution in [0.3, 0.4) is 0 Å². The van der Waals surface area contributed by atoms with Gasteiger partial charge in [0.25, 0.3) is 0 Å². The van der Waals surface area contributed by atoms with Crippen LogP contribution in [0, 0.1) is 5.82 Å². The second-order valence-electron chi connectivity index (χ2n) is 4.36. The lowest BCUT2D eigenvalue weighted by Crippen LogP contribution is -2.15. The molecule has 0 saturated carbocycles. The van der Waals surface area contributed by atoms with E-state index >= 15 is 0 Å². The van der Waals surface area contributed by atoms with Gasteiger partial charge >= 0.3 is 0 Å². The average Bonchev–Trinajstić information content (AvgIpc) is 2.40. The molecule has 0 amide bonds. The van der Waals surface area contributed by atoms with Gasteiger partial charge in [0.2, 0.25) is 10.0 Å². The fraction of sp³-hybridized carbons (Fsp3) is 0.0769. The second-order valence-corrected chi connectivity index (χ2v) is 6.30. The Kier molecular flexibility index (Phi) is 4.36. The molecule has 2 rings (SSSR count). The van der Waals surface area contributed by atoms with Crippen LogP contribution in [0.5, 0.6) is 0 Å². The van der Waals surface area contributed by atoms with E-state index in [2.05, 4.69) is 5.32 Å². The number of nitrogens with one attached hydrogen (secondary N) is 1. The molecule has 5 nitrogen and oxygen atoms in total. The molecule has 0 heterocycles. The van der Waals surface area contributed by atoms with Gasteiger partial charge in [0.15, 0.2) is 0 Å². The zero-order chi connectivity index (χ0) is 15.6. The van der Waals surface area contributed by atoms with Crippen LogP contribution in [0.4, 0.5) is 15.8 Å². The van der Waals surface area contributed by atoms with Gasteiger partial charge in [0, 0.05) is 6.54 Å². The van der Waals surface area contributed by atoms with E-state index in [0.717, 1.165) is 5.56 Å². The number of para-hydroxylation sites is 1. The van der Waals surface area contributed by atoms with Crippen LogP contribution in [-0.2, 0) is 16.6 Å². The Morgan fingerprint density at radius 3 is 2.57 bits per heavy atom. The minimum Gasteiger partial charge on any atom is -0.396 e. The summed E-state index contributed by atoms with van der Waals surface area (Å²) in [4.78, 5) is -0.148. The van der Waals surface area contributed by atoms with Gasteiger partial charge in [0.05, 0.1) is 16.4 Å². The fourth-order valence-electron chi connectivity index (χ4n) is 1.79. The number of primary sulfonamides is 1. The topological polar surface area (TPSA) is 98.2 Å². The highest BCUT2D eigenvalue weighted by Crippen LogP contribution is 2.26. The molecule has 21 heavy (non-hydrogen) atoms. The summed E-state index contributed by atoms with van der Waals surface area (Å²) < 4.78 is 35.8. The molecule has 8 heteroatoms. The van der Waals surface area contributed by atoms with Crippen molar-refractivity contribution in [2.24, 2.45) is 5.14 Å². The van der Waals surface area contributed by atoms with Crippen molar-refractivity contribution in [3.8, 4) is 0 Å². The maximum absolute atomic E-state index is 13.1. The molecular weight excluding hydrogens is 317 g/mol. The maximum atomic E-state index is 13.1. The van der Waals surface area contributed by atoms with Gasteiger partial charge in [0.1, 0.15) is 10.7 Å². The first-order valence-corrected chi connectivity index (χ1v) is 7.80. The highest BCUT2D eigenvalue weighted by molar-refractivity contribution is 7.89. The van der Waals surface area contributed by atoms with Crippen molar-refractivity contribution in [2.75, 3.05) is 11.1 Å². The summed E-state index contributed by atoms with van der Waals surface area (Å²) in [6, 6.07) is 8.76. The van der Waals surface area contributed by atoms with Gasteiger partial charge in [-0.25, -0.2) is 17.9 Å². The van der Waals surface area contributed by atoms with Gasteiger partial charge in [-0.1, -0.05) is 23.7 Å². The summed E-state index contributed by atoms with van der Waals surface area (Å²) in [5.74, 6) is -0.504. The van der Waals surface area contributed by atoms with Gasteiger partial charge < -0.3 is 11.1 Å². The Bertz CT molecular complexity index is 781. The first-order valence-electron chi connectivity index (χ1n) is 5.88. The zero-order valence-corrected chi connectivity index (χ0v) is 12.4. The van der Waals surface area contributed by atoms with Crippen LogP contribution in [0.2, 0.25) is 5.02 Å². The second kappa shape index (κ2) is 5.88. The average molecular weight is 330 g/mol. The normalized spacial score (nSPS) is 11.4. The number of hydrogen-bond acceptors (Lipinski definition) is 4. The Labute approximate surface area is 126 Å². The third kappa shape index (κ3) is 3.63.